The van der Waals surface area contributed by atoms with Crippen molar-refractivity contribution in [3.8, 4) is 5.75 Å². The summed E-state index contributed by atoms with van der Waals surface area (Å²) >= 11 is 0. The SMILES string of the molecule is COC(=O)C(N)C1CCc2cc(OC)ccc21. The van der Waals surface area contributed by atoms with Gasteiger partial charge in [-0.1, -0.05) is 6.07 Å². The molecule has 0 saturated heterocycles. The van der Waals surface area contributed by atoms with E-state index in [1.54, 1.807) is 7.11 Å². The summed E-state index contributed by atoms with van der Waals surface area (Å²) in [6.07, 6.45) is 1.82. The lowest BCUT2D eigenvalue weighted by Crippen LogP contribution is -2.36. The lowest BCUT2D eigenvalue weighted by molar-refractivity contribution is -0.142. The van der Waals surface area contributed by atoms with Crippen molar-refractivity contribution < 1.29 is 14.3 Å². The van der Waals surface area contributed by atoms with E-state index in [0.717, 1.165) is 24.2 Å². The molecule has 0 spiro atoms. The lowest BCUT2D eigenvalue weighted by Gasteiger charge is -2.18. The highest BCUT2D eigenvalue weighted by molar-refractivity contribution is 5.77. The zero-order valence-corrected chi connectivity index (χ0v) is 10.1. The van der Waals surface area contributed by atoms with Crippen molar-refractivity contribution in [2.45, 2.75) is 24.8 Å². The lowest BCUT2D eigenvalue weighted by atomic mass is 9.94. The van der Waals surface area contributed by atoms with Crippen molar-refractivity contribution in [2.75, 3.05) is 14.2 Å². The summed E-state index contributed by atoms with van der Waals surface area (Å²) < 4.78 is 9.88. The molecule has 2 atom stereocenters. The molecular weight excluding hydrogens is 218 g/mol. The van der Waals surface area contributed by atoms with Crippen LogP contribution in [0.15, 0.2) is 18.2 Å². The number of aryl methyl sites for hydroxylation is 1. The number of nitrogens with two attached hydrogens (primary N) is 1. The Bertz CT molecular complexity index is 431. The molecule has 17 heavy (non-hydrogen) atoms. The number of methoxy groups -OCH3 is 2. The van der Waals surface area contributed by atoms with Gasteiger partial charge in [0.25, 0.3) is 0 Å². The number of benzene rings is 1. The summed E-state index contributed by atoms with van der Waals surface area (Å²) in [5.41, 5.74) is 8.27. The van der Waals surface area contributed by atoms with E-state index in [1.165, 1.54) is 12.7 Å². The number of hydrogen-bond acceptors (Lipinski definition) is 4. The first-order chi connectivity index (χ1) is 8.17. The van der Waals surface area contributed by atoms with E-state index in [4.69, 9.17) is 15.2 Å². The van der Waals surface area contributed by atoms with Gasteiger partial charge in [0, 0.05) is 5.92 Å². The van der Waals surface area contributed by atoms with Crippen LogP contribution < -0.4 is 10.5 Å². The molecule has 2 N–H and O–H groups in total. The molecule has 1 aliphatic rings. The summed E-state index contributed by atoms with van der Waals surface area (Å²) in [5.74, 6) is 0.554. The van der Waals surface area contributed by atoms with Crippen molar-refractivity contribution >= 4 is 5.97 Å². The third-order valence-electron chi connectivity index (χ3n) is 3.38. The Morgan fingerprint density at radius 3 is 2.88 bits per heavy atom. The highest BCUT2D eigenvalue weighted by Crippen LogP contribution is 2.36. The molecule has 0 bridgehead atoms. The van der Waals surface area contributed by atoms with Gasteiger partial charge in [0.05, 0.1) is 14.2 Å². The van der Waals surface area contributed by atoms with Gasteiger partial charge >= 0.3 is 5.97 Å². The van der Waals surface area contributed by atoms with Crippen LogP contribution in [0.5, 0.6) is 5.75 Å². The zero-order valence-electron chi connectivity index (χ0n) is 10.1. The maximum absolute atomic E-state index is 11.5. The Balaban J connectivity index is 2.25. The Morgan fingerprint density at radius 2 is 2.24 bits per heavy atom. The number of ether oxygens (including phenoxy) is 2. The fourth-order valence-electron chi connectivity index (χ4n) is 2.43. The average molecular weight is 235 g/mol. The third kappa shape index (κ3) is 2.13. The first-order valence-corrected chi connectivity index (χ1v) is 5.67. The molecule has 0 heterocycles. The molecule has 0 aliphatic heterocycles. The first-order valence-electron chi connectivity index (χ1n) is 5.67. The highest BCUT2D eigenvalue weighted by atomic mass is 16.5. The summed E-state index contributed by atoms with van der Waals surface area (Å²) in [7, 11) is 3.01. The topological polar surface area (TPSA) is 61.5 Å². The van der Waals surface area contributed by atoms with Crippen molar-refractivity contribution in [1.82, 2.24) is 0 Å². The van der Waals surface area contributed by atoms with Crippen LogP contribution in [0.3, 0.4) is 0 Å². The van der Waals surface area contributed by atoms with Crippen LogP contribution in [-0.4, -0.2) is 26.2 Å². The number of carbonyl (C=O) groups excluding carboxylic acids is 1. The Kier molecular flexibility index (Phi) is 3.33. The smallest absolute Gasteiger partial charge is 0.323 e. The summed E-state index contributed by atoms with van der Waals surface area (Å²) in [6, 6.07) is 5.34. The summed E-state index contributed by atoms with van der Waals surface area (Å²) in [6.45, 7) is 0. The van der Waals surface area contributed by atoms with Crippen LogP contribution >= 0.6 is 0 Å². The molecule has 2 unspecified atom stereocenters. The molecule has 0 radical (unpaired) electrons. The predicted octanol–water partition coefficient (Wildman–Crippen LogP) is 1.23. The second-order valence-corrected chi connectivity index (χ2v) is 4.26. The van der Waals surface area contributed by atoms with E-state index in [1.807, 2.05) is 18.2 Å². The number of esters is 1. The van der Waals surface area contributed by atoms with Crippen LogP contribution in [0, 0.1) is 0 Å². The molecule has 1 aromatic rings. The molecule has 4 nitrogen and oxygen atoms in total. The van der Waals surface area contributed by atoms with E-state index < -0.39 is 6.04 Å². The number of carbonyl (C=O) groups is 1. The maximum Gasteiger partial charge on any atom is 0.323 e. The number of hydrogen-bond donors (Lipinski definition) is 1. The van der Waals surface area contributed by atoms with Crippen LogP contribution in [0.1, 0.15) is 23.5 Å². The monoisotopic (exact) mass is 235 g/mol. The van der Waals surface area contributed by atoms with Gasteiger partial charge in [-0.2, -0.15) is 0 Å². The summed E-state index contributed by atoms with van der Waals surface area (Å²) in [4.78, 5) is 11.5. The third-order valence-corrected chi connectivity index (χ3v) is 3.38. The molecule has 1 aliphatic carbocycles. The van der Waals surface area contributed by atoms with Crippen molar-refractivity contribution in [3.05, 3.63) is 29.3 Å². The van der Waals surface area contributed by atoms with Crippen LogP contribution in [0.25, 0.3) is 0 Å². The maximum atomic E-state index is 11.5. The van der Waals surface area contributed by atoms with E-state index in [2.05, 4.69) is 0 Å². The molecule has 0 fully saturated rings. The standard InChI is InChI=1S/C13H17NO3/c1-16-9-4-6-10-8(7-9)3-5-11(10)12(14)13(15)17-2/h4,6-7,11-12H,3,5,14H2,1-2H3. The van der Waals surface area contributed by atoms with E-state index in [0.29, 0.717) is 0 Å². The van der Waals surface area contributed by atoms with Crippen molar-refractivity contribution in [2.24, 2.45) is 5.73 Å². The predicted molar refractivity (Wildman–Crippen MR) is 64.0 cm³/mol. The second-order valence-electron chi connectivity index (χ2n) is 4.26. The molecule has 1 aromatic carbocycles. The van der Waals surface area contributed by atoms with E-state index >= 15 is 0 Å². The fourth-order valence-corrected chi connectivity index (χ4v) is 2.43. The largest absolute Gasteiger partial charge is 0.497 e. The second kappa shape index (κ2) is 4.75. The van der Waals surface area contributed by atoms with Crippen LogP contribution in [-0.2, 0) is 16.0 Å². The molecule has 92 valence electrons. The van der Waals surface area contributed by atoms with Gasteiger partial charge in [0.2, 0.25) is 0 Å². The molecule has 0 saturated carbocycles. The minimum Gasteiger partial charge on any atom is -0.497 e. The minimum absolute atomic E-state index is 0.0587. The number of rotatable bonds is 3. The van der Waals surface area contributed by atoms with Gasteiger partial charge in [-0.3, -0.25) is 4.79 Å². The van der Waals surface area contributed by atoms with Crippen molar-refractivity contribution in [1.29, 1.82) is 0 Å². The van der Waals surface area contributed by atoms with Gasteiger partial charge in [0.15, 0.2) is 0 Å². The minimum atomic E-state index is -0.574. The van der Waals surface area contributed by atoms with Crippen molar-refractivity contribution in [3.63, 3.8) is 0 Å². The van der Waals surface area contributed by atoms with Crippen LogP contribution in [0.2, 0.25) is 0 Å². The molecular formula is C13H17NO3. The first kappa shape index (κ1) is 11.9. The Morgan fingerprint density at radius 1 is 1.47 bits per heavy atom. The molecule has 4 heteroatoms. The van der Waals surface area contributed by atoms with Gasteiger partial charge in [-0.25, -0.2) is 0 Å². The molecule has 0 aromatic heterocycles. The normalized spacial score (nSPS) is 19.6. The highest BCUT2D eigenvalue weighted by Gasteiger charge is 2.32. The molecule has 2 rings (SSSR count). The van der Waals surface area contributed by atoms with Gasteiger partial charge in [0.1, 0.15) is 11.8 Å². The summed E-state index contributed by atoms with van der Waals surface area (Å²) in [5, 5.41) is 0. The van der Waals surface area contributed by atoms with Gasteiger partial charge < -0.3 is 15.2 Å². The average Bonchev–Trinajstić information content (AvgIpc) is 2.79. The van der Waals surface area contributed by atoms with E-state index in [9.17, 15) is 4.79 Å². The number of fused-ring (bicyclic) bond motifs is 1. The van der Waals surface area contributed by atoms with Gasteiger partial charge in [-0.05, 0) is 36.1 Å². The van der Waals surface area contributed by atoms with E-state index in [-0.39, 0.29) is 11.9 Å². The fraction of sp³-hybridized carbons (Fsp3) is 0.462. The van der Waals surface area contributed by atoms with Gasteiger partial charge in [-0.15, -0.1) is 0 Å². The Hall–Kier alpha value is -1.55. The Labute approximate surface area is 101 Å². The quantitative estimate of drug-likeness (QED) is 0.800. The zero-order chi connectivity index (χ0) is 12.4. The van der Waals surface area contributed by atoms with Crippen LogP contribution in [0.4, 0.5) is 0 Å². The molecule has 0 amide bonds.